The lowest BCUT2D eigenvalue weighted by atomic mass is 9.99. The Hall–Kier alpha value is -5.61. The molecule has 0 saturated carbocycles. The van der Waals surface area contributed by atoms with Crippen LogP contribution in [0.25, 0.3) is 11.1 Å². The molecule has 0 bridgehead atoms. The second-order valence-electron chi connectivity index (χ2n) is 14.3. The van der Waals surface area contributed by atoms with E-state index >= 15 is 0 Å². The number of urea groups is 1. The minimum Gasteiger partial charge on any atom is -0.376 e. The number of halogens is 1. The average molecular weight is 872 g/mol. The number of nitrogens with two attached hydrogens (primary N) is 1. The summed E-state index contributed by atoms with van der Waals surface area (Å²) in [7, 11) is -3.21. The molecular formula is C44H49ClN7O6S2+. The van der Waals surface area contributed by atoms with Crippen molar-refractivity contribution < 1.29 is 27.8 Å². The molecule has 5 N–H and O–H groups in total. The number of hydrogen-bond donors (Lipinski definition) is 4. The molecule has 0 unspecified atom stereocenters. The van der Waals surface area contributed by atoms with Crippen LogP contribution in [0.15, 0.2) is 131 Å². The highest BCUT2D eigenvalue weighted by molar-refractivity contribution is 7.99. The Kier molecular flexibility index (Phi) is 15.4. The van der Waals surface area contributed by atoms with Gasteiger partial charge < -0.3 is 21.3 Å². The molecule has 5 aromatic rings. The molecule has 16 heteroatoms. The van der Waals surface area contributed by atoms with Crippen molar-refractivity contribution in [1.29, 1.82) is 0 Å². The SMILES string of the molecule is CO[N+](=O)c1cc(S(=O)(=O)NC(=O)c2ccc(N3CCN(Cc4ccccc4-c4ccc(Cl)cc4)CC3)cc2)ccc1N[C@H](CCCCNC(N)=O)CSc1ccccc1. The molecule has 1 atom stereocenters. The third-order valence-electron chi connectivity index (χ3n) is 10.1. The minimum absolute atomic E-state index is 0.0758. The summed E-state index contributed by atoms with van der Waals surface area (Å²) in [4.78, 5) is 47.9. The van der Waals surface area contributed by atoms with E-state index in [-0.39, 0.29) is 27.1 Å². The van der Waals surface area contributed by atoms with Crippen molar-refractivity contribution in [3.63, 3.8) is 0 Å². The van der Waals surface area contributed by atoms with Crippen LogP contribution in [0, 0.1) is 4.91 Å². The van der Waals surface area contributed by atoms with E-state index in [4.69, 9.17) is 22.2 Å². The quantitative estimate of drug-likeness (QED) is 0.0365. The van der Waals surface area contributed by atoms with Crippen LogP contribution in [0.1, 0.15) is 35.2 Å². The van der Waals surface area contributed by atoms with Crippen LogP contribution in [0.3, 0.4) is 0 Å². The average Bonchev–Trinajstić information content (AvgIpc) is 3.26. The van der Waals surface area contributed by atoms with Gasteiger partial charge in [-0.3, -0.25) is 9.69 Å². The molecule has 1 aliphatic heterocycles. The third-order valence-corrected chi connectivity index (χ3v) is 12.9. The normalized spacial score (nSPS) is 13.6. The summed E-state index contributed by atoms with van der Waals surface area (Å²) < 4.78 is 29.2. The molecule has 0 spiro atoms. The zero-order chi connectivity index (χ0) is 42.5. The van der Waals surface area contributed by atoms with Gasteiger partial charge >= 0.3 is 11.7 Å². The number of thioether (sulfide) groups is 1. The summed E-state index contributed by atoms with van der Waals surface area (Å²) in [6.45, 7) is 4.51. The molecule has 0 aliphatic carbocycles. The fourth-order valence-corrected chi connectivity index (χ4v) is 9.06. The number of primary amides is 1. The lowest BCUT2D eigenvalue weighted by Crippen LogP contribution is -2.46. The van der Waals surface area contributed by atoms with E-state index in [0.717, 1.165) is 55.3 Å². The highest BCUT2D eigenvalue weighted by Crippen LogP contribution is 2.31. The number of carbonyl (C=O) groups is 2. The number of rotatable bonds is 19. The van der Waals surface area contributed by atoms with E-state index in [9.17, 15) is 22.9 Å². The summed E-state index contributed by atoms with van der Waals surface area (Å²) in [5.74, 6) is -0.172. The minimum atomic E-state index is -4.40. The Morgan fingerprint density at radius 1 is 0.883 bits per heavy atom. The number of nitrogens with zero attached hydrogens (tertiary/aromatic N) is 3. The Bertz CT molecular complexity index is 2350. The number of piperazine rings is 1. The zero-order valence-electron chi connectivity index (χ0n) is 33.3. The van der Waals surface area contributed by atoms with Gasteiger partial charge in [-0.15, -0.1) is 11.8 Å². The number of sulfonamides is 1. The fraction of sp³-hybridized carbons (Fsp3) is 0.273. The van der Waals surface area contributed by atoms with Crippen LogP contribution in [0.2, 0.25) is 5.02 Å². The molecule has 0 aromatic heterocycles. The molecule has 1 saturated heterocycles. The molecule has 5 aromatic carbocycles. The second-order valence-corrected chi connectivity index (χ2v) is 17.5. The number of amides is 3. The first-order valence-corrected chi connectivity index (χ1v) is 22.4. The number of benzene rings is 5. The van der Waals surface area contributed by atoms with Gasteiger partial charge in [0.1, 0.15) is 5.69 Å². The summed E-state index contributed by atoms with van der Waals surface area (Å²) in [6, 6.07) is 36.3. The smallest absolute Gasteiger partial charge is 0.340 e. The lowest BCUT2D eigenvalue weighted by molar-refractivity contribution is -0.736. The first-order valence-electron chi connectivity index (χ1n) is 19.6. The molecular weight excluding hydrogens is 822 g/mol. The van der Waals surface area contributed by atoms with Crippen molar-refractivity contribution in [2.24, 2.45) is 5.73 Å². The van der Waals surface area contributed by atoms with E-state index in [2.05, 4.69) is 43.4 Å². The standard InChI is InChI=1S/C44H48ClN7O6S2/c1-58-52(55)42-29-39(22-23-41(42)48-36(10-7-8-24-47-44(46)54)31-59-38-11-3-2-4-12-38)60(56,57)49-43(53)33-16-20-37(21-17-33)51-27-25-50(26-28-51)30-34-9-5-6-13-40(34)32-14-18-35(45)19-15-32/h2-6,9,11-23,29,36H,7-8,10,24-28,30-31H2,1H3,(H4-,46,47,48,49,53,54,55)/p+1/t36-/m1/s1. The van der Waals surface area contributed by atoms with Crippen molar-refractivity contribution >= 4 is 62.4 Å². The summed E-state index contributed by atoms with van der Waals surface area (Å²) in [5, 5.41) is 6.68. The van der Waals surface area contributed by atoms with Crippen molar-refractivity contribution in [1.82, 2.24) is 14.9 Å². The van der Waals surface area contributed by atoms with E-state index in [1.807, 2.05) is 72.8 Å². The summed E-state index contributed by atoms with van der Waals surface area (Å²) in [6.07, 6.45) is 2.11. The first kappa shape index (κ1) is 44.0. The van der Waals surface area contributed by atoms with E-state index < -0.39 is 22.0 Å². The van der Waals surface area contributed by atoms with Gasteiger partial charge in [-0.2, -0.15) is 0 Å². The molecule has 1 aliphatic rings. The predicted molar refractivity (Wildman–Crippen MR) is 238 cm³/mol. The predicted octanol–water partition coefficient (Wildman–Crippen LogP) is 7.83. The van der Waals surface area contributed by atoms with E-state index in [0.29, 0.717) is 35.8 Å². The van der Waals surface area contributed by atoms with E-state index in [1.165, 1.54) is 36.4 Å². The van der Waals surface area contributed by atoms with Crippen LogP contribution in [0.4, 0.5) is 21.9 Å². The van der Waals surface area contributed by atoms with Crippen molar-refractivity contribution in [3.05, 3.63) is 142 Å². The van der Waals surface area contributed by atoms with Gasteiger partial charge in [0.2, 0.25) is 0 Å². The van der Waals surface area contributed by atoms with Crippen molar-refractivity contribution in [2.75, 3.05) is 55.8 Å². The monoisotopic (exact) mass is 870 g/mol. The third kappa shape index (κ3) is 12.2. The number of carbonyl (C=O) groups excluding carboxylic acids is 2. The first-order chi connectivity index (χ1) is 29.0. The van der Waals surface area contributed by atoms with Crippen molar-refractivity contribution in [3.8, 4) is 11.1 Å². The maximum absolute atomic E-state index is 13.5. The maximum atomic E-state index is 13.5. The molecule has 3 amide bonds. The Morgan fingerprint density at radius 2 is 1.58 bits per heavy atom. The van der Waals surface area contributed by atoms with Gasteiger partial charge in [-0.25, -0.2) is 22.8 Å². The Morgan fingerprint density at radius 3 is 2.28 bits per heavy atom. The highest BCUT2D eigenvalue weighted by Gasteiger charge is 2.29. The van der Waals surface area contributed by atoms with Gasteiger partial charge in [-0.05, 0) is 96.6 Å². The van der Waals surface area contributed by atoms with Crippen LogP contribution in [-0.4, -0.2) is 81.8 Å². The topological polar surface area (TPSA) is 166 Å². The Labute approximate surface area is 360 Å². The maximum Gasteiger partial charge on any atom is 0.340 e. The fourth-order valence-electron chi connectivity index (χ4n) is 6.95. The van der Waals surface area contributed by atoms with Crippen LogP contribution >= 0.6 is 23.4 Å². The number of unbranched alkanes of at least 4 members (excludes halogenated alkanes) is 1. The largest absolute Gasteiger partial charge is 0.376 e. The van der Waals surface area contributed by atoms with Gasteiger partial charge in [0.25, 0.3) is 20.9 Å². The molecule has 314 valence electrons. The molecule has 60 heavy (non-hydrogen) atoms. The second kappa shape index (κ2) is 21.1. The van der Waals surface area contributed by atoms with Gasteiger partial charge in [0.15, 0.2) is 7.11 Å². The van der Waals surface area contributed by atoms with Crippen LogP contribution in [0.5, 0.6) is 0 Å². The highest BCUT2D eigenvalue weighted by atomic mass is 35.5. The van der Waals surface area contributed by atoms with Crippen LogP contribution < -0.4 is 26.0 Å². The van der Waals surface area contributed by atoms with E-state index in [1.54, 1.807) is 23.9 Å². The Balaban J connectivity index is 1.07. The number of hydrogen-bond acceptors (Lipinski definition) is 10. The van der Waals surface area contributed by atoms with Gasteiger partial charge in [0.05, 0.1) is 9.80 Å². The lowest BCUT2D eigenvalue weighted by Gasteiger charge is -2.36. The molecule has 0 radical (unpaired) electrons. The van der Waals surface area contributed by atoms with Gasteiger partial charge in [0, 0.05) is 78.3 Å². The van der Waals surface area contributed by atoms with Crippen molar-refractivity contribution in [2.45, 2.75) is 41.6 Å². The molecule has 6 rings (SSSR count). The zero-order valence-corrected chi connectivity index (χ0v) is 35.6. The van der Waals surface area contributed by atoms with Gasteiger partial charge in [-0.1, -0.05) is 66.2 Å². The molecule has 1 fully saturated rings. The molecule has 13 nitrogen and oxygen atoms in total. The number of anilines is 2. The summed E-state index contributed by atoms with van der Waals surface area (Å²) >= 11 is 7.76. The summed E-state index contributed by atoms with van der Waals surface area (Å²) in [5.41, 5.74) is 10.1. The van der Waals surface area contributed by atoms with Crippen LogP contribution in [-0.2, 0) is 21.4 Å². The number of nitrogens with one attached hydrogen (secondary N) is 3. The molecule has 1 heterocycles.